The fraction of sp³-hybridized carbons (Fsp3) is 0.208. The number of methoxy groups -OCH3 is 1. The highest BCUT2D eigenvalue weighted by Crippen LogP contribution is 2.36. The number of thiazole rings is 1. The molecule has 1 aliphatic heterocycles. The Balaban J connectivity index is 1.97. The Morgan fingerprint density at radius 1 is 1.30 bits per heavy atom. The third-order valence-corrected chi connectivity index (χ3v) is 7.78. The summed E-state index contributed by atoms with van der Waals surface area (Å²) in [5, 5.41) is 21.3. The predicted octanol–water partition coefficient (Wildman–Crippen LogP) is 3.95. The van der Waals surface area contributed by atoms with E-state index in [1.54, 1.807) is 32.0 Å². The Labute approximate surface area is 230 Å². The smallest absolute Gasteiger partial charge is 0.338 e. The molecular weight excluding hydrogens is 634 g/mol. The Morgan fingerprint density at radius 2 is 2.03 bits per heavy atom. The number of fused-ring (bicyclic) bond motifs is 1. The third-order valence-electron chi connectivity index (χ3n) is 5.57. The van der Waals surface area contributed by atoms with E-state index in [4.69, 9.17) is 9.47 Å². The highest BCUT2D eigenvalue weighted by Gasteiger charge is 2.33. The number of phenols is 1. The van der Waals surface area contributed by atoms with Crippen LogP contribution < -0.4 is 19.6 Å². The summed E-state index contributed by atoms with van der Waals surface area (Å²) in [7, 11) is 1.53. The molecule has 0 fully saturated rings. The fourth-order valence-electron chi connectivity index (χ4n) is 3.94. The van der Waals surface area contributed by atoms with E-state index in [0.29, 0.717) is 31.8 Å². The van der Waals surface area contributed by atoms with Gasteiger partial charge in [0.1, 0.15) is 5.75 Å². The number of nitro groups is 1. The fourth-order valence-corrected chi connectivity index (χ4v) is 6.01. The van der Waals surface area contributed by atoms with E-state index in [1.165, 1.54) is 29.9 Å². The normalized spacial score (nSPS) is 15.3. The number of carbonyl (C=O) groups excluding carboxylic acids is 1. The van der Waals surface area contributed by atoms with Crippen molar-refractivity contribution in [1.29, 1.82) is 0 Å². The lowest BCUT2D eigenvalue weighted by Gasteiger charge is -2.25. The minimum absolute atomic E-state index is 0.113. The summed E-state index contributed by atoms with van der Waals surface area (Å²) in [5.74, 6) is -0.523. The summed E-state index contributed by atoms with van der Waals surface area (Å²) in [6.07, 6.45) is 1.48. The number of halogens is 2. The van der Waals surface area contributed by atoms with Crippen molar-refractivity contribution in [2.24, 2.45) is 4.99 Å². The Hall–Kier alpha value is -3.29. The van der Waals surface area contributed by atoms with E-state index in [-0.39, 0.29) is 21.2 Å². The number of rotatable bonds is 6. The lowest BCUT2D eigenvalue weighted by Crippen LogP contribution is -2.40. The molecule has 1 aliphatic rings. The average molecular weight is 653 g/mol. The molecule has 0 bridgehead atoms. The number of hydrogen-bond acceptors (Lipinski definition) is 9. The Kier molecular flexibility index (Phi) is 7.67. The first kappa shape index (κ1) is 26.8. The molecule has 0 spiro atoms. The van der Waals surface area contributed by atoms with Crippen LogP contribution in [0.3, 0.4) is 0 Å². The van der Waals surface area contributed by atoms with Crippen molar-refractivity contribution in [1.82, 2.24) is 4.57 Å². The molecule has 2 heterocycles. The van der Waals surface area contributed by atoms with Crippen molar-refractivity contribution < 1.29 is 24.3 Å². The molecule has 13 heteroatoms. The highest BCUT2D eigenvalue weighted by molar-refractivity contribution is 9.10. The Bertz CT molecular complexity index is 1660. The predicted molar refractivity (Wildman–Crippen MR) is 144 cm³/mol. The largest absolute Gasteiger partial charge is 0.501 e. The summed E-state index contributed by atoms with van der Waals surface area (Å²) >= 11 is 7.66. The van der Waals surface area contributed by atoms with Gasteiger partial charge in [-0.25, -0.2) is 9.79 Å². The Morgan fingerprint density at radius 3 is 2.65 bits per heavy atom. The van der Waals surface area contributed by atoms with Gasteiger partial charge in [0.15, 0.2) is 4.80 Å². The van der Waals surface area contributed by atoms with Crippen LogP contribution in [0.25, 0.3) is 6.08 Å². The monoisotopic (exact) mass is 651 g/mol. The van der Waals surface area contributed by atoms with E-state index in [1.807, 2.05) is 0 Å². The van der Waals surface area contributed by atoms with Crippen molar-refractivity contribution in [3.05, 3.63) is 91.5 Å². The standard InChI is InChI=1S/C24H19Br2N3O7S/c1-4-36-23(32)19-11(2)27-24-28(20(19)13-5-6-17(35-3)14(25)10-13)22(31)18(37-24)9-12-7-15(26)21(30)16(8-12)29(33)34/h5-10,20,30H,4H2,1-3H3/b18-9-/t20-/m0/s1. The van der Waals surface area contributed by atoms with Crippen LogP contribution in [0.1, 0.15) is 31.0 Å². The molecule has 1 N–H and O–H groups in total. The second kappa shape index (κ2) is 10.6. The molecular formula is C24H19Br2N3O7S. The molecule has 0 saturated heterocycles. The van der Waals surface area contributed by atoms with Gasteiger partial charge in [0.05, 0.1) is 49.4 Å². The van der Waals surface area contributed by atoms with Gasteiger partial charge in [-0.05, 0) is 81.1 Å². The molecule has 0 saturated carbocycles. The summed E-state index contributed by atoms with van der Waals surface area (Å²) in [6.45, 7) is 3.51. The maximum absolute atomic E-state index is 13.7. The number of nitrogens with zero attached hydrogens (tertiary/aromatic N) is 3. The molecule has 0 radical (unpaired) electrons. The van der Waals surface area contributed by atoms with Crippen LogP contribution in [0, 0.1) is 10.1 Å². The van der Waals surface area contributed by atoms with E-state index >= 15 is 0 Å². The first-order valence-electron chi connectivity index (χ1n) is 10.8. The zero-order valence-electron chi connectivity index (χ0n) is 19.7. The van der Waals surface area contributed by atoms with Gasteiger partial charge in [-0.1, -0.05) is 17.4 Å². The number of aromatic nitrogens is 1. The molecule has 0 amide bonds. The van der Waals surface area contributed by atoms with Crippen LogP contribution >= 0.6 is 43.2 Å². The number of ether oxygens (including phenoxy) is 2. The first-order valence-corrected chi connectivity index (χ1v) is 13.2. The molecule has 4 rings (SSSR count). The van der Waals surface area contributed by atoms with Crippen LogP contribution in [0.15, 0.2) is 60.3 Å². The zero-order chi connectivity index (χ0) is 27.0. The van der Waals surface area contributed by atoms with E-state index in [0.717, 1.165) is 11.3 Å². The number of allylic oxidation sites excluding steroid dienone is 1. The van der Waals surface area contributed by atoms with Crippen molar-refractivity contribution in [3.8, 4) is 11.5 Å². The molecule has 10 nitrogen and oxygen atoms in total. The summed E-state index contributed by atoms with van der Waals surface area (Å²) in [6, 6.07) is 7.05. The number of nitro benzene ring substituents is 1. The van der Waals surface area contributed by atoms with Crippen LogP contribution in [0.5, 0.6) is 11.5 Å². The van der Waals surface area contributed by atoms with Gasteiger partial charge in [0.25, 0.3) is 5.56 Å². The molecule has 3 aromatic rings. The number of hydrogen-bond donors (Lipinski definition) is 1. The summed E-state index contributed by atoms with van der Waals surface area (Å²) in [5.41, 5.74) is 0.635. The third kappa shape index (κ3) is 4.98. The molecule has 1 aromatic heterocycles. The second-order valence-corrected chi connectivity index (χ2v) is 10.5. The highest BCUT2D eigenvalue weighted by atomic mass is 79.9. The van der Waals surface area contributed by atoms with Crippen LogP contribution in [0.4, 0.5) is 5.69 Å². The van der Waals surface area contributed by atoms with Crippen LogP contribution in [-0.2, 0) is 9.53 Å². The average Bonchev–Trinajstić information content (AvgIpc) is 3.14. The van der Waals surface area contributed by atoms with E-state index in [9.17, 15) is 24.8 Å². The maximum Gasteiger partial charge on any atom is 0.338 e. The molecule has 192 valence electrons. The summed E-state index contributed by atoms with van der Waals surface area (Å²) in [4.78, 5) is 42.2. The molecule has 0 unspecified atom stereocenters. The number of esters is 1. The van der Waals surface area contributed by atoms with Gasteiger partial charge in [0.2, 0.25) is 5.75 Å². The quantitative estimate of drug-likeness (QED) is 0.242. The van der Waals surface area contributed by atoms with Crippen LogP contribution in [0.2, 0.25) is 0 Å². The zero-order valence-corrected chi connectivity index (χ0v) is 23.6. The van der Waals surface area contributed by atoms with Crippen LogP contribution in [-0.4, -0.2) is 34.3 Å². The van der Waals surface area contributed by atoms with E-state index < -0.39 is 33.9 Å². The lowest BCUT2D eigenvalue weighted by molar-refractivity contribution is -0.386. The van der Waals surface area contributed by atoms with Gasteiger partial charge in [-0.15, -0.1) is 0 Å². The lowest BCUT2D eigenvalue weighted by atomic mass is 9.96. The minimum atomic E-state index is -0.833. The van der Waals surface area contributed by atoms with E-state index in [2.05, 4.69) is 36.9 Å². The molecule has 0 aliphatic carbocycles. The number of carbonyl (C=O) groups is 1. The maximum atomic E-state index is 13.7. The van der Waals surface area contributed by atoms with Gasteiger partial charge in [-0.3, -0.25) is 19.5 Å². The second-order valence-electron chi connectivity index (χ2n) is 7.82. The SMILES string of the molecule is CCOC(=O)C1=C(C)N=c2s/c(=C\c3cc(Br)c(O)c([N+](=O)[O-])c3)c(=O)n2[C@H]1c1ccc(OC)c(Br)c1. The number of phenolic OH excluding ortho intramolecular Hbond substituents is 1. The van der Waals surface area contributed by atoms with Gasteiger partial charge in [0, 0.05) is 6.07 Å². The topological polar surface area (TPSA) is 133 Å². The molecule has 1 atom stereocenters. The summed E-state index contributed by atoms with van der Waals surface area (Å²) < 4.78 is 13.0. The minimum Gasteiger partial charge on any atom is -0.501 e. The van der Waals surface area contributed by atoms with Crippen molar-refractivity contribution in [2.45, 2.75) is 19.9 Å². The van der Waals surface area contributed by atoms with Gasteiger partial charge >= 0.3 is 11.7 Å². The number of aromatic hydroxyl groups is 1. The molecule has 2 aromatic carbocycles. The van der Waals surface area contributed by atoms with Crippen molar-refractivity contribution in [2.75, 3.05) is 13.7 Å². The number of benzene rings is 2. The molecule has 37 heavy (non-hydrogen) atoms. The van der Waals surface area contributed by atoms with Crippen molar-refractivity contribution in [3.63, 3.8) is 0 Å². The van der Waals surface area contributed by atoms with Gasteiger partial charge in [-0.2, -0.15) is 0 Å². The first-order chi connectivity index (χ1) is 17.6. The van der Waals surface area contributed by atoms with Gasteiger partial charge < -0.3 is 14.6 Å². The van der Waals surface area contributed by atoms with Crippen molar-refractivity contribution >= 4 is 60.9 Å².